The van der Waals surface area contributed by atoms with Crippen LogP contribution in [0, 0.1) is 0 Å². The molecule has 0 bridgehead atoms. The van der Waals surface area contributed by atoms with Crippen molar-refractivity contribution < 1.29 is 33.0 Å². The molecule has 72 valence electrons. The Labute approximate surface area is 91.3 Å². The first-order valence-electron chi connectivity index (χ1n) is 2.06. The second-order valence-electron chi connectivity index (χ2n) is 1.16. The average Bonchev–Trinajstić information content (AvgIpc) is 1.53. The summed E-state index contributed by atoms with van der Waals surface area (Å²) in [5.41, 5.74) is 0. The van der Waals surface area contributed by atoms with Gasteiger partial charge in [-0.15, -0.1) is 0 Å². The van der Waals surface area contributed by atoms with E-state index in [9.17, 15) is 9.13 Å². The molecular weight excluding hydrogens is 285 g/mol. The van der Waals surface area contributed by atoms with Gasteiger partial charge < -0.3 is 19.6 Å². The first-order chi connectivity index (χ1) is 5.12. The Morgan fingerprint density at radius 1 is 1.00 bits per heavy atom. The summed E-state index contributed by atoms with van der Waals surface area (Å²) in [6.07, 6.45) is 9.90. The van der Waals surface area contributed by atoms with Gasteiger partial charge in [-0.2, -0.15) is 4.31 Å². The molecule has 0 unspecified atom stereocenters. The van der Waals surface area contributed by atoms with Crippen molar-refractivity contribution in [2.45, 2.75) is 0 Å². The van der Waals surface area contributed by atoms with Crippen LogP contribution in [0.25, 0.3) is 0 Å². The fraction of sp³-hybridized carbons (Fsp3) is 0. The van der Waals surface area contributed by atoms with E-state index >= 15 is 0 Å². The molecule has 12 heavy (non-hydrogen) atoms. The van der Waals surface area contributed by atoms with Crippen LogP contribution in [0.3, 0.4) is 0 Å². The van der Waals surface area contributed by atoms with Gasteiger partial charge in [0.15, 0.2) is 0 Å². The van der Waals surface area contributed by atoms with E-state index in [-0.39, 0.29) is 0 Å². The summed E-state index contributed by atoms with van der Waals surface area (Å²) < 4.78 is 22.2. The van der Waals surface area contributed by atoms with E-state index in [4.69, 9.17) is 32.4 Å². The summed E-state index contributed by atoms with van der Waals surface area (Å²) in [5.74, 6) is 0. The molecule has 0 saturated heterocycles. The van der Waals surface area contributed by atoms with Gasteiger partial charge in [-0.1, -0.05) is 0 Å². The Bertz CT molecular complexity index is 172. The van der Waals surface area contributed by atoms with Crippen molar-refractivity contribution in [1.29, 1.82) is 0 Å². The zero-order chi connectivity index (χ0) is 10.4. The van der Waals surface area contributed by atoms with Crippen molar-refractivity contribution in [2.24, 2.45) is 0 Å². The molecule has 0 saturated carbocycles. The average molecular weight is 289 g/mol. The molecule has 0 aliphatic rings. The van der Waals surface area contributed by atoms with E-state index in [1.165, 1.54) is 0 Å². The number of halogens is 2. The van der Waals surface area contributed by atoms with Crippen LogP contribution in [0.1, 0.15) is 0 Å². The summed E-state index contributed by atoms with van der Waals surface area (Å²) in [6, 6.07) is 0. The molecule has 0 radical (unpaired) electrons. The Hall–Kier alpha value is 2.10. The van der Waals surface area contributed by atoms with Crippen LogP contribution in [0.15, 0.2) is 0 Å². The first-order valence-corrected chi connectivity index (χ1v) is 11.2. The number of phosphoric acid groups is 2. The molecule has 0 aromatic heterocycles. The molecule has 0 amide bonds. The van der Waals surface area contributed by atoms with Crippen molar-refractivity contribution in [2.75, 3.05) is 0 Å². The number of hydrogen-bond donors (Lipinski definition) is 4. The molecule has 0 aliphatic carbocycles. The third kappa shape index (κ3) is 22.7. The molecule has 0 aliphatic heterocycles. The summed E-state index contributed by atoms with van der Waals surface area (Å²) >= 11 is -0.931. The summed E-state index contributed by atoms with van der Waals surface area (Å²) in [7, 11) is -10.1. The van der Waals surface area contributed by atoms with Crippen LogP contribution in [0.5, 0.6) is 0 Å². The molecule has 0 spiro atoms. The molecule has 0 heterocycles. The van der Waals surface area contributed by atoms with E-state index in [1.807, 2.05) is 0 Å². The minimum absolute atomic E-state index is 0.931. The zero-order valence-corrected chi connectivity index (χ0v) is 10.9. The van der Waals surface area contributed by atoms with Gasteiger partial charge in [0, 0.05) is 0 Å². The fourth-order valence-electron chi connectivity index (χ4n) is 0.139. The first kappa shape index (κ1) is 16.5. The fourth-order valence-corrected chi connectivity index (χ4v) is 1.25. The molecule has 0 atom stereocenters. The standard InChI is InChI=1S/Ca.2ClH.H4O7P2/c;;;1-8(2,3)7-9(4,5)6/h;2*1H;(H2,1,2,3)(H2,4,5,6)/q+2;;;/p-2. The molecule has 0 aromatic rings. The number of rotatable bonds is 2. The van der Waals surface area contributed by atoms with E-state index in [0.29, 0.717) is 0 Å². The van der Waals surface area contributed by atoms with Crippen LogP contribution in [0.2, 0.25) is 0 Å². The van der Waals surface area contributed by atoms with Crippen molar-refractivity contribution >= 4 is 59.3 Å². The Kier molecular flexibility index (Phi) is 10.2. The second kappa shape index (κ2) is 7.40. The van der Waals surface area contributed by atoms with Crippen molar-refractivity contribution in [3.63, 3.8) is 0 Å². The van der Waals surface area contributed by atoms with Gasteiger partial charge in [0.05, 0.1) is 0 Å². The van der Waals surface area contributed by atoms with E-state index in [0.717, 1.165) is 0 Å². The SMILES string of the molecule is O=P(O)(O)OP(=O)(O)O.[Cl][Ca][Cl]. The molecule has 0 rings (SSSR count). The Balaban J connectivity index is 0. The Morgan fingerprint density at radius 2 is 1.17 bits per heavy atom. The van der Waals surface area contributed by atoms with Crippen LogP contribution < -0.4 is 0 Å². The summed E-state index contributed by atoms with van der Waals surface area (Å²) in [5, 5.41) is 0. The maximum atomic E-state index is 9.63. The molecule has 4 N–H and O–H groups in total. The number of hydrogen-bond acceptors (Lipinski definition) is 3. The molecule has 7 nitrogen and oxygen atoms in total. The molecule has 0 fully saturated rings. The summed E-state index contributed by atoms with van der Waals surface area (Å²) in [6.45, 7) is 0. The van der Waals surface area contributed by atoms with Gasteiger partial charge in [-0.05, 0) is 0 Å². The van der Waals surface area contributed by atoms with Gasteiger partial charge >= 0.3 is 59.3 Å². The van der Waals surface area contributed by atoms with Crippen molar-refractivity contribution in [3.8, 4) is 0 Å². The van der Waals surface area contributed by atoms with E-state index in [2.05, 4.69) is 4.31 Å². The monoisotopic (exact) mass is 288 g/mol. The summed E-state index contributed by atoms with van der Waals surface area (Å²) in [4.78, 5) is 31.0. The topological polar surface area (TPSA) is 124 Å². The van der Waals surface area contributed by atoms with Gasteiger partial charge in [0.2, 0.25) is 0 Å². The van der Waals surface area contributed by atoms with E-state index in [1.54, 1.807) is 0 Å². The van der Waals surface area contributed by atoms with E-state index < -0.39 is 46.5 Å². The second-order valence-corrected chi connectivity index (χ2v) is 7.43. The van der Waals surface area contributed by atoms with Crippen LogP contribution in [-0.4, -0.2) is 50.4 Å². The van der Waals surface area contributed by atoms with Crippen molar-refractivity contribution in [3.05, 3.63) is 0 Å². The predicted octanol–water partition coefficient (Wildman–Crippen LogP) is 0.187. The van der Waals surface area contributed by atoms with Gasteiger partial charge in [-0.25, -0.2) is 9.13 Å². The van der Waals surface area contributed by atoms with Gasteiger partial charge in [0.1, 0.15) is 0 Å². The Morgan fingerprint density at radius 3 is 1.17 bits per heavy atom. The zero-order valence-electron chi connectivity index (χ0n) is 5.37. The minimum atomic E-state index is -5.05. The molecule has 12 heteroatoms. The predicted molar refractivity (Wildman–Crippen MR) is 42.6 cm³/mol. The van der Waals surface area contributed by atoms with Crippen molar-refractivity contribution in [1.82, 2.24) is 0 Å². The molecular formula is H4CaCl2O7P2. The van der Waals surface area contributed by atoms with Gasteiger partial charge in [0.25, 0.3) is 0 Å². The quantitative estimate of drug-likeness (QED) is 0.422. The maximum absolute atomic E-state index is 9.63. The third-order valence-corrected chi connectivity index (χ3v) is 1.91. The van der Waals surface area contributed by atoms with Crippen LogP contribution in [-0.2, 0) is 13.4 Å². The van der Waals surface area contributed by atoms with Gasteiger partial charge in [-0.3, -0.25) is 0 Å². The third-order valence-electron chi connectivity index (χ3n) is 0.213. The van der Waals surface area contributed by atoms with Crippen LogP contribution >= 0.6 is 28.4 Å². The molecule has 0 aromatic carbocycles. The normalized spacial score (nSPS) is 11.2. The van der Waals surface area contributed by atoms with Crippen LogP contribution in [0.4, 0.5) is 0 Å².